The fourth-order valence-electron chi connectivity index (χ4n) is 2.91. The molecule has 0 bridgehead atoms. The van der Waals surface area contributed by atoms with Gasteiger partial charge in [0, 0.05) is 19.1 Å². The van der Waals surface area contributed by atoms with Crippen molar-refractivity contribution in [3.05, 3.63) is 35.9 Å². The summed E-state index contributed by atoms with van der Waals surface area (Å²) >= 11 is 0. The molecule has 2 rings (SSSR count). The zero-order chi connectivity index (χ0) is 13.7. The number of hydrogen-bond acceptors (Lipinski definition) is 2. The van der Waals surface area contributed by atoms with E-state index in [0.29, 0.717) is 17.9 Å². The van der Waals surface area contributed by atoms with Gasteiger partial charge in [0.25, 0.3) is 0 Å². The van der Waals surface area contributed by atoms with Crippen molar-refractivity contribution in [3.63, 3.8) is 0 Å². The Labute approximate surface area is 118 Å². The van der Waals surface area contributed by atoms with Crippen LogP contribution in [0.4, 0.5) is 0 Å². The number of nitrogens with zero attached hydrogens (tertiary/aromatic N) is 1. The summed E-state index contributed by atoms with van der Waals surface area (Å²) in [5.41, 5.74) is 1.46. The van der Waals surface area contributed by atoms with Gasteiger partial charge >= 0.3 is 0 Å². The minimum atomic E-state index is 0.618. The van der Waals surface area contributed by atoms with Crippen molar-refractivity contribution in [1.82, 2.24) is 10.2 Å². The second-order valence-electron chi connectivity index (χ2n) is 6.23. The third-order valence-electron chi connectivity index (χ3n) is 4.22. The summed E-state index contributed by atoms with van der Waals surface area (Å²) in [6.45, 7) is 11.7. The van der Waals surface area contributed by atoms with Gasteiger partial charge in [0.1, 0.15) is 0 Å². The molecule has 0 saturated carbocycles. The molecule has 1 heterocycles. The summed E-state index contributed by atoms with van der Waals surface area (Å²) in [6.07, 6.45) is 1.27. The van der Waals surface area contributed by atoms with Crippen LogP contribution in [0, 0.1) is 5.92 Å². The lowest BCUT2D eigenvalue weighted by molar-refractivity contribution is 0.236. The predicted octanol–water partition coefficient (Wildman–Crippen LogP) is 3.11. The number of benzene rings is 1. The average molecular weight is 260 g/mol. The number of rotatable bonds is 4. The summed E-state index contributed by atoms with van der Waals surface area (Å²) in [5.74, 6) is 1.33. The normalized spacial score (nSPS) is 23.3. The molecule has 0 aromatic heterocycles. The first kappa shape index (κ1) is 14.5. The zero-order valence-corrected chi connectivity index (χ0v) is 12.6. The topological polar surface area (TPSA) is 15.3 Å². The summed E-state index contributed by atoms with van der Waals surface area (Å²) in [5, 5.41) is 3.68. The predicted molar refractivity (Wildman–Crippen MR) is 82.5 cm³/mol. The Morgan fingerprint density at radius 3 is 2.63 bits per heavy atom. The molecular formula is C17H28N2. The van der Waals surface area contributed by atoms with E-state index in [0.717, 1.165) is 0 Å². The second kappa shape index (κ2) is 7.06. The van der Waals surface area contributed by atoms with Crippen molar-refractivity contribution in [3.8, 4) is 0 Å². The van der Waals surface area contributed by atoms with E-state index < -0.39 is 0 Å². The Hall–Kier alpha value is -0.860. The molecule has 1 aromatic rings. The monoisotopic (exact) mass is 260 g/mol. The first-order valence-corrected chi connectivity index (χ1v) is 7.67. The summed E-state index contributed by atoms with van der Waals surface area (Å²) in [7, 11) is 0. The van der Waals surface area contributed by atoms with Gasteiger partial charge in [0.15, 0.2) is 0 Å². The van der Waals surface area contributed by atoms with Crippen LogP contribution in [0.2, 0.25) is 0 Å². The quantitative estimate of drug-likeness (QED) is 0.895. The first-order valence-electron chi connectivity index (χ1n) is 7.67. The van der Waals surface area contributed by atoms with Gasteiger partial charge in [-0.05, 0) is 36.9 Å². The van der Waals surface area contributed by atoms with Crippen molar-refractivity contribution >= 4 is 0 Å². The molecule has 1 fully saturated rings. The molecule has 2 heteroatoms. The Bertz CT molecular complexity index is 361. The van der Waals surface area contributed by atoms with E-state index in [1.165, 1.54) is 38.2 Å². The van der Waals surface area contributed by atoms with Crippen LogP contribution in [-0.4, -0.2) is 37.1 Å². The third-order valence-corrected chi connectivity index (χ3v) is 4.22. The van der Waals surface area contributed by atoms with Gasteiger partial charge in [-0.25, -0.2) is 0 Å². The largest absolute Gasteiger partial charge is 0.312 e. The maximum Gasteiger partial charge on any atom is 0.0217 e. The Balaban J connectivity index is 1.93. The van der Waals surface area contributed by atoms with Crippen LogP contribution in [-0.2, 0) is 0 Å². The molecule has 0 spiro atoms. The van der Waals surface area contributed by atoms with Crippen molar-refractivity contribution in [1.29, 1.82) is 0 Å². The van der Waals surface area contributed by atoms with Gasteiger partial charge in [0.2, 0.25) is 0 Å². The Morgan fingerprint density at radius 1 is 1.21 bits per heavy atom. The van der Waals surface area contributed by atoms with E-state index in [-0.39, 0.29) is 0 Å². The van der Waals surface area contributed by atoms with Crippen molar-refractivity contribution in [2.24, 2.45) is 5.92 Å². The summed E-state index contributed by atoms with van der Waals surface area (Å²) in [6, 6.07) is 11.5. The van der Waals surface area contributed by atoms with Crippen molar-refractivity contribution in [2.75, 3.05) is 26.2 Å². The molecular weight excluding hydrogens is 232 g/mol. The highest BCUT2D eigenvalue weighted by molar-refractivity contribution is 5.19. The van der Waals surface area contributed by atoms with Crippen molar-refractivity contribution < 1.29 is 0 Å². The van der Waals surface area contributed by atoms with Gasteiger partial charge in [-0.1, -0.05) is 51.1 Å². The fourth-order valence-corrected chi connectivity index (χ4v) is 2.91. The van der Waals surface area contributed by atoms with Gasteiger partial charge < -0.3 is 10.2 Å². The summed E-state index contributed by atoms with van der Waals surface area (Å²) in [4.78, 5) is 2.64. The molecule has 1 aromatic carbocycles. The van der Waals surface area contributed by atoms with E-state index in [1.807, 2.05) is 0 Å². The van der Waals surface area contributed by atoms with Crippen LogP contribution in [0.25, 0.3) is 0 Å². The van der Waals surface area contributed by atoms with Crippen LogP contribution in [0.1, 0.15) is 38.7 Å². The van der Waals surface area contributed by atoms with Gasteiger partial charge in [-0.15, -0.1) is 0 Å². The molecule has 0 aliphatic carbocycles. The lowest BCUT2D eigenvalue weighted by Gasteiger charge is -2.29. The summed E-state index contributed by atoms with van der Waals surface area (Å²) < 4.78 is 0. The van der Waals surface area contributed by atoms with E-state index in [1.54, 1.807) is 0 Å². The second-order valence-corrected chi connectivity index (χ2v) is 6.23. The van der Waals surface area contributed by atoms with Crippen LogP contribution in [0.5, 0.6) is 0 Å². The molecule has 106 valence electrons. The molecule has 0 radical (unpaired) electrons. The van der Waals surface area contributed by atoms with E-state index in [9.17, 15) is 0 Å². The maximum atomic E-state index is 3.68. The average Bonchev–Trinajstić information content (AvgIpc) is 2.65. The number of nitrogens with one attached hydrogen (secondary N) is 1. The first-order chi connectivity index (χ1) is 9.16. The maximum absolute atomic E-state index is 3.68. The number of hydrogen-bond donors (Lipinski definition) is 1. The third kappa shape index (κ3) is 4.32. The minimum Gasteiger partial charge on any atom is -0.312 e. The smallest absolute Gasteiger partial charge is 0.0217 e. The molecule has 1 N–H and O–H groups in total. The fraction of sp³-hybridized carbons (Fsp3) is 0.647. The van der Waals surface area contributed by atoms with Gasteiger partial charge in [0.05, 0.1) is 0 Å². The molecule has 1 saturated heterocycles. The van der Waals surface area contributed by atoms with Crippen LogP contribution in [0.15, 0.2) is 30.3 Å². The molecule has 19 heavy (non-hydrogen) atoms. The van der Waals surface area contributed by atoms with E-state index in [4.69, 9.17) is 0 Å². The van der Waals surface area contributed by atoms with Crippen LogP contribution < -0.4 is 5.32 Å². The molecule has 2 nitrogen and oxygen atoms in total. The van der Waals surface area contributed by atoms with Crippen LogP contribution in [0.3, 0.4) is 0 Å². The molecule has 0 amide bonds. The SMILES string of the molecule is CC(CN1CCCNC(C(C)C)C1)c1ccccc1. The van der Waals surface area contributed by atoms with Gasteiger partial charge in [-0.2, -0.15) is 0 Å². The van der Waals surface area contributed by atoms with Gasteiger partial charge in [-0.3, -0.25) is 0 Å². The van der Waals surface area contributed by atoms with Crippen LogP contribution >= 0.6 is 0 Å². The highest BCUT2D eigenvalue weighted by atomic mass is 15.2. The van der Waals surface area contributed by atoms with E-state index in [2.05, 4.69) is 61.3 Å². The lowest BCUT2D eigenvalue weighted by Crippen LogP contribution is -2.42. The molecule has 2 atom stereocenters. The zero-order valence-electron chi connectivity index (χ0n) is 12.6. The minimum absolute atomic E-state index is 0.618. The molecule has 2 unspecified atom stereocenters. The van der Waals surface area contributed by atoms with E-state index >= 15 is 0 Å². The highest BCUT2D eigenvalue weighted by Gasteiger charge is 2.21. The highest BCUT2D eigenvalue weighted by Crippen LogP contribution is 2.18. The molecule has 1 aliphatic heterocycles. The standard InChI is InChI=1S/C17H28N2/c1-14(2)17-13-19(11-7-10-18-17)12-15(3)16-8-5-4-6-9-16/h4-6,8-9,14-15,17-18H,7,10-13H2,1-3H3. The van der Waals surface area contributed by atoms with Crippen molar-refractivity contribution in [2.45, 2.75) is 39.2 Å². The Morgan fingerprint density at radius 2 is 1.95 bits per heavy atom. The Kier molecular flexibility index (Phi) is 5.41. The lowest BCUT2D eigenvalue weighted by atomic mass is 9.99. The molecule has 1 aliphatic rings.